The molecule has 21 heavy (non-hydrogen) atoms. The predicted molar refractivity (Wildman–Crippen MR) is 81.9 cm³/mol. The Morgan fingerprint density at radius 1 is 1.24 bits per heavy atom. The Balaban J connectivity index is 1.99. The normalized spacial score (nSPS) is 11.9. The van der Waals surface area contributed by atoms with E-state index in [4.69, 9.17) is 17.3 Å². The summed E-state index contributed by atoms with van der Waals surface area (Å²) in [5.41, 5.74) is 7.17. The van der Waals surface area contributed by atoms with E-state index in [1.54, 1.807) is 10.6 Å². The number of pyridine rings is 1. The van der Waals surface area contributed by atoms with E-state index in [9.17, 15) is 8.42 Å². The van der Waals surface area contributed by atoms with Gasteiger partial charge in [0.05, 0.1) is 21.4 Å². The van der Waals surface area contributed by atoms with Crippen molar-refractivity contribution in [2.24, 2.45) is 0 Å². The fourth-order valence-electron chi connectivity index (χ4n) is 2.10. The van der Waals surface area contributed by atoms with Crippen LogP contribution in [0.25, 0.3) is 5.65 Å². The van der Waals surface area contributed by atoms with E-state index in [0.717, 1.165) is 0 Å². The third-order valence-electron chi connectivity index (χ3n) is 3.04. The Bertz CT molecular complexity index is 886. The second kappa shape index (κ2) is 5.05. The molecule has 0 unspecified atom stereocenters. The lowest BCUT2D eigenvalue weighted by molar-refractivity contribution is 0.595. The van der Waals surface area contributed by atoms with Gasteiger partial charge in [0.15, 0.2) is 9.84 Å². The van der Waals surface area contributed by atoms with Crippen molar-refractivity contribution in [1.29, 1.82) is 0 Å². The summed E-state index contributed by atoms with van der Waals surface area (Å²) < 4.78 is 26.6. The molecule has 0 fully saturated rings. The van der Waals surface area contributed by atoms with Gasteiger partial charge in [0.1, 0.15) is 5.65 Å². The van der Waals surface area contributed by atoms with Crippen LogP contribution in [0.2, 0.25) is 5.02 Å². The van der Waals surface area contributed by atoms with Gasteiger partial charge in [-0.1, -0.05) is 17.7 Å². The number of nitrogen functional groups attached to an aromatic ring is 1. The fourth-order valence-corrected chi connectivity index (χ4v) is 3.96. The number of nitrogens with zero attached hydrogens (tertiary/aromatic N) is 2. The Labute approximate surface area is 126 Å². The first-order chi connectivity index (χ1) is 9.95. The second-order valence-electron chi connectivity index (χ2n) is 4.65. The lowest BCUT2D eigenvalue weighted by atomic mass is 10.3. The summed E-state index contributed by atoms with van der Waals surface area (Å²) in [5, 5.41) is 0.124. The van der Waals surface area contributed by atoms with Gasteiger partial charge in [-0.2, -0.15) is 0 Å². The van der Waals surface area contributed by atoms with Gasteiger partial charge in [-0.25, -0.2) is 13.4 Å². The van der Waals surface area contributed by atoms with Crippen LogP contribution in [0.15, 0.2) is 53.7 Å². The number of sulfone groups is 1. The number of benzene rings is 1. The molecule has 0 aliphatic heterocycles. The third-order valence-corrected chi connectivity index (χ3v) is 5.17. The first-order valence-corrected chi connectivity index (χ1v) is 8.19. The molecule has 2 aromatic heterocycles. The highest BCUT2D eigenvalue weighted by molar-refractivity contribution is 7.90. The summed E-state index contributed by atoms with van der Waals surface area (Å²) in [6.07, 6.45) is 3.51. The minimum atomic E-state index is -3.57. The molecule has 0 bridgehead atoms. The van der Waals surface area contributed by atoms with Crippen molar-refractivity contribution in [3.8, 4) is 0 Å². The zero-order chi connectivity index (χ0) is 15.0. The fraction of sp³-hybridized carbons (Fsp3) is 0.0714. The largest absolute Gasteiger partial charge is 0.399 e. The van der Waals surface area contributed by atoms with Crippen molar-refractivity contribution >= 4 is 32.8 Å². The molecule has 1 aromatic carbocycles. The van der Waals surface area contributed by atoms with Crippen molar-refractivity contribution in [2.45, 2.75) is 10.6 Å². The average Bonchev–Trinajstić information content (AvgIpc) is 2.79. The van der Waals surface area contributed by atoms with E-state index in [1.165, 1.54) is 18.2 Å². The van der Waals surface area contributed by atoms with Gasteiger partial charge in [0, 0.05) is 18.1 Å². The Kier molecular flexibility index (Phi) is 3.35. The molecule has 108 valence electrons. The maximum Gasteiger partial charge on any atom is 0.185 e. The number of imidazole rings is 1. The summed E-state index contributed by atoms with van der Waals surface area (Å²) in [5.74, 6) is -0.210. The van der Waals surface area contributed by atoms with Crippen LogP contribution in [0.3, 0.4) is 0 Å². The molecular formula is C14H12ClN3O2S. The van der Waals surface area contributed by atoms with Crippen molar-refractivity contribution in [3.05, 3.63) is 59.5 Å². The summed E-state index contributed by atoms with van der Waals surface area (Å²) in [6.45, 7) is 0. The number of halogens is 1. The smallest absolute Gasteiger partial charge is 0.185 e. The maximum absolute atomic E-state index is 12.4. The molecule has 0 amide bonds. The van der Waals surface area contributed by atoms with Gasteiger partial charge in [-0.3, -0.25) is 0 Å². The van der Waals surface area contributed by atoms with Crippen LogP contribution in [-0.4, -0.2) is 17.8 Å². The first-order valence-electron chi connectivity index (χ1n) is 6.16. The van der Waals surface area contributed by atoms with E-state index < -0.39 is 9.84 Å². The molecule has 0 saturated carbocycles. The standard InChI is InChI=1S/C14H12ClN3O2S/c15-12-7-10(16)4-5-13(12)21(19,20)9-11-8-18-6-2-1-3-14(18)17-11/h1-8H,9,16H2. The topological polar surface area (TPSA) is 77.5 Å². The average molecular weight is 322 g/mol. The van der Waals surface area contributed by atoms with Crippen molar-refractivity contribution in [2.75, 3.05) is 5.73 Å². The number of hydrogen-bond acceptors (Lipinski definition) is 4. The number of anilines is 1. The number of hydrogen-bond donors (Lipinski definition) is 1. The summed E-state index contributed by atoms with van der Waals surface area (Å²) in [7, 11) is -3.57. The van der Waals surface area contributed by atoms with Gasteiger partial charge in [0.25, 0.3) is 0 Å². The zero-order valence-corrected chi connectivity index (χ0v) is 12.5. The van der Waals surface area contributed by atoms with Gasteiger partial charge in [-0.15, -0.1) is 0 Å². The summed E-state index contributed by atoms with van der Waals surface area (Å²) in [6, 6.07) is 9.87. The number of fused-ring (bicyclic) bond motifs is 1. The van der Waals surface area contributed by atoms with Gasteiger partial charge < -0.3 is 10.1 Å². The quantitative estimate of drug-likeness (QED) is 0.752. The Hall–Kier alpha value is -2.05. The second-order valence-corrected chi connectivity index (χ2v) is 7.01. The highest BCUT2D eigenvalue weighted by Gasteiger charge is 2.20. The van der Waals surface area contributed by atoms with Crippen LogP contribution in [-0.2, 0) is 15.6 Å². The Morgan fingerprint density at radius 2 is 2.05 bits per heavy atom. The van der Waals surface area contributed by atoms with Gasteiger partial charge in [-0.05, 0) is 30.3 Å². The van der Waals surface area contributed by atoms with E-state index >= 15 is 0 Å². The molecule has 0 aliphatic rings. The molecule has 5 nitrogen and oxygen atoms in total. The predicted octanol–water partition coefficient (Wildman–Crippen LogP) is 2.54. The van der Waals surface area contributed by atoms with Crippen molar-refractivity contribution in [1.82, 2.24) is 9.38 Å². The number of rotatable bonds is 3. The van der Waals surface area contributed by atoms with Crippen LogP contribution in [0.1, 0.15) is 5.69 Å². The van der Waals surface area contributed by atoms with Crippen LogP contribution in [0, 0.1) is 0 Å². The maximum atomic E-state index is 12.4. The van der Waals surface area contributed by atoms with Crippen LogP contribution in [0.4, 0.5) is 5.69 Å². The van der Waals surface area contributed by atoms with E-state index in [0.29, 0.717) is 17.0 Å². The van der Waals surface area contributed by atoms with Crippen LogP contribution >= 0.6 is 11.6 Å². The van der Waals surface area contributed by atoms with Gasteiger partial charge in [0.2, 0.25) is 0 Å². The molecule has 2 heterocycles. The molecule has 0 aliphatic carbocycles. The summed E-state index contributed by atoms with van der Waals surface area (Å²) in [4.78, 5) is 4.35. The van der Waals surface area contributed by atoms with Crippen LogP contribution < -0.4 is 5.73 Å². The molecule has 0 atom stereocenters. The molecule has 3 rings (SSSR count). The number of aromatic nitrogens is 2. The molecule has 3 aromatic rings. The van der Waals surface area contributed by atoms with E-state index in [1.807, 2.05) is 24.4 Å². The SMILES string of the molecule is Nc1ccc(S(=O)(=O)Cc2cn3ccccc3n2)c(Cl)c1. The molecular weight excluding hydrogens is 310 g/mol. The van der Waals surface area contributed by atoms with E-state index in [2.05, 4.69) is 4.98 Å². The molecule has 0 spiro atoms. The van der Waals surface area contributed by atoms with Crippen molar-refractivity contribution < 1.29 is 8.42 Å². The molecule has 0 radical (unpaired) electrons. The molecule has 2 N–H and O–H groups in total. The third kappa shape index (κ3) is 2.72. The highest BCUT2D eigenvalue weighted by Crippen LogP contribution is 2.26. The first kappa shape index (κ1) is 13.9. The van der Waals surface area contributed by atoms with E-state index in [-0.39, 0.29) is 15.7 Å². The monoisotopic (exact) mass is 321 g/mol. The van der Waals surface area contributed by atoms with Crippen molar-refractivity contribution in [3.63, 3.8) is 0 Å². The lowest BCUT2D eigenvalue weighted by Gasteiger charge is -2.05. The van der Waals surface area contributed by atoms with Crippen LogP contribution in [0.5, 0.6) is 0 Å². The Morgan fingerprint density at radius 3 is 2.76 bits per heavy atom. The zero-order valence-electron chi connectivity index (χ0n) is 10.9. The molecule has 7 heteroatoms. The minimum Gasteiger partial charge on any atom is -0.399 e. The number of nitrogens with two attached hydrogens (primary N) is 1. The minimum absolute atomic E-state index is 0.0652. The van der Waals surface area contributed by atoms with Gasteiger partial charge >= 0.3 is 0 Å². The lowest BCUT2D eigenvalue weighted by Crippen LogP contribution is -2.06. The molecule has 0 saturated heterocycles. The summed E-state index contributed by atoms with van der Waals surface area (Å²) >= 11 is 5.97. The highest BCUT2D eigenvalue weighted by atomic mass is 35.5.